The average Bonchev–Trinajstić information content (AvgIpc) is 2.99. The number of carbonyl (C=O) groups is 1. The normalized spacial score (nSPS) is 17.1. The number of nitrogens with two attached hydrogens (primary N) is 1. The number of thioether (sulfide) groups is 1. The molecule has 1 heterocycles. The van der Waals surface area contributed by atoms with Crippen molar-refractivity contribution in [3.8, 4) is 0 Å². The van der Waals surface area contributed by atoms with Gasteiger partial charge >= 0.3 is 0 Å². The van der Waals surface area contributed by atoms with E-state index in [1.165, 1.54) is 32.1 Å². The molecule has 1 aromatic carbocycles. The lowest BCUT2D eigenvalue weighted by atomic mass is 10.0. The monoisotopic (exact) mass is 346 g/mol. The SMILES string of the molecule is C[C@@H](CN)NC(=O)c1oc2ccccc2c1CSC1CCCCC1. The van der Waals surface area contributed by atoms with Crippen LogP contribution in [-0.4, -0.2) is 23.7 Å². The third-order valence-electron chi connectivity index (χ3n) is 4.65. The maximum Gasteiger partial charge on any atom is 0.287 e. The number of para-hydroxylation sites is 1. The summed E-state index contributed by atoms with van der Waals surface area (Å²) in [6.45, 7) is 2.31. The van der Waals surface area contributed by atoms with E-state index < -0.39 is 0 Å². The number of furan rings is 1. The van der Waals surface area contributed by atoms with Crippen molar-refractivity contribution in [2.24, 2.45) is 5.73 Å². The van der Waals surface area contributed by atoms with Crippen LogP contribution in [0.5, 0.6) is 0 Å². The van der Waals surface area contributed by atoms with Crippen molar-refractivity contribution < 1.29 is 9.21 Å². The van der Waals surface area contributed by atoms with Gasteiger partial charge in [0, 0.05) is 34.5 Å². The summed E-state index contributed by atoms with van der Waals surface area (Å²) < 4.78 is 5.88. The van der Waals surface area contributed by atoms with Crippen LogP contribution in [0.4, 0.5) is 0 Å². The standard InChI is InChI=1S/C19H26N2O2S/c1-13(11-20)21-19(22)18-16(12-24-14-7-3-2-4-8-14)15-9-5-6-10-17(15)23-18/h5-6,9-10,13-14H,2-4,7-8,11-12,20H2,1H3,(H,21,22)/t13-/m0/s1. The maximum absolute atomic E-state index is 12.6. The lowest BCUT2D eigenvalue weighted by molar-refractivity contribution is 0.0914. The van der Waals surface area contributed by atoms with Gasteiger partial charge in [-0.3, -0.25) is 4.79 Å². The number of benzene rings is 1. The van der Waals surface area contributed by atoms with Crippen molar-refractivity contribution in [3.05, 3.63) is 35.6 Å². The molecule has 130 valence electrons. The lowest BCUT2D eigenvalue weighted by Crippen LogP contribution is -2.37. The maximum atomic E-state index is 12.6. The number of amides is 1. The summed E-state index contributed by atoms with van der Waals surface area (Å²) in [7, 11) is 0. The Morgan fingerprint density at radius 1 is 1.33 bits per heavy atom. The Labute approximate surface area is 147 Å². The van der Waals surface area contributed by atoms with Crippen LogP contribution >= 0.6 is 11.8 Å². The smallest absolute Gasteiger partial charge is 0.287 e. The molecule has 0 spiro atoms. The third kappa shape index (κ3) is 3.95. The van der Waals surface area contributed by atoms with E-state index in [1.54, 1.807) is 0 Å². The first-order valence-electron chi connectivity index (χ1n) is 8.82. The van der Waals surface area contributed by atoms with Crippen LogP contribution in [0.3, 0.4) is 0 Å². The molecule has 0 radical (unpaired) electrons. The van der Waals surface area contributed by atoms with Gasteiger partial charge in [-0.1, -0.05) is 37.5 Å². The number of nitrogens with one attached hydrogen (secondary N) is 1. The quantitative estimate of drug-likeness (QED) is 0.827. The zero-order valence-electron chi connectivity index (χ0n) is 14.2. The van der Waals surface area contributed by atoms with E-state index in [1.807, 2.05) is 43.0 Å². The summed E-state index contributed by atoms with van der Waals surface area (Å²) in [5.41, 5.74) is 7.41. The Hall–Kier alpha value is -1.46. The van der Waals surface area contributed by atoms with Gasteiger partial charge in [0.25, 0.3) is 5.91 Å². The Kier molecular flexibility index (Phi) is 5.85. The van der Waals surface area contributed by atoms with Crippen molar-refractivity contribution in [1.29, 1.82) is 0 Å². The molecule has 1 atom stereocenters. The van der Waals surface area contributed by atoms with Gasteiger partial charge in [-0.05, 0) is 25.8 Å². The molecule has 4 nitrogen and oxygen atoms in total. The molecule has 0 bridgehead atoms. The Bertz CT molecular complexity index is 692. The molecule has 1 aliphatic carbocycles. The summed E-state index contributed by atoms with van der Waals surface area (Å²) in [6, 6.07) is 7.83. The van der Waals surface area contributed by atoms with Gasteiger partial charge in [0.2, 0.25) is 0 Å². The van der Waals surface area contributed by atoms with Crippen LogP contribution in [0.25, 0.3) is 11.0 Å². The fourth-order valence-corrected chi connectivity index (χ4v) is 4.56. The zero-order valence-corrected chi connectivity index (χ0v) is 15.0. The Balaban J connectivity index is 1.82. The average molecular weight is 346 g/mol. The molecule has 3 N–H and O–H groups in total. The van der Waals surface area contributed by atoms with E-state index in [2.05, 4.69) is 5.32 Å². The second-order valence-electron chi connectivity index (χ2n) is 6.59. The highest BCUT2D eigenvalue weighted by atomic mass is 32.2. The summed E-state index contributed by atoms with van der Waals surface area (Å²) in [6.07, 6.45) is 6.57. The van der Waals surface area contributed by atoms with Crippen molar-refractivity contribution >= 4 is 28.6 Å². The van der Waals surface area contributed by atoms with Crippen LogP contribution in [-0.2, 0) is 5.75 Å². The van der Waals surface area contributed by atoms with Crippen molar-refractivity contribution in [2.45, 2.75) is 56.1 Å². The molecule has 24 heavy (non-hydrogen) atoms. The number of hydrogen-bond donors (Lipinski definition) is 2. The molecular formula is C19H26N2O2S. The molecule has 3 rings (SSSR count). The fraction of sp³-hybridized carbons (Fsp3) is 0.526. The molecule has 1 aromatic heterocycles. The second-order valence-corrected chi connectivity index (χ2v) is 7.88. The molecule has 2 aromatic rings. The van der Waals surface area contributed by atoms with Crippen LogP contribution in [0.2, 0.25) is 0 Å². The molecule has 0 unspecified atom stereocenters. The van der Waals surface area contributed by atoms with Crippen LogP contribution in [0, 0.1) is 0 Å². The molecule has 1 amide bonds. The first-order chi connectivity index (χ1) is 11.7. The highest BCUT2D eigenvalue weighted by Crippen LogP contribution is 2.34. The molecular weight excluding hydrogens is 320 g/mol. The Morgan fingerprint density at radius 3 is 2.83 bits per heavy atom. The first kappa shape index (κ1) is 17.4. The van der Waals surface area contributed by atoms with Crippen molar-refractivity contribution in [1.82, 2.24) is 5.32 Å². The number of hydrogen-bond acceptors (Lipinski definition) is 4. The van der Waals surface area contributed by atoms with Crippen LogP contribution in [0.1, 0.15) is 55.1 Å². The minimum Gasteiger partial charge on any atom is -0.451 e. The summed E-state index contributed by atoms with van der Waals surface area (Å²) in [4.78, 5) is 12.6. The zero-order chi connectivity index (χ0) is 16.9. The topological polar surface area (TPSA) is 68.3 Å². The molecule has 1 saturated carbocycles. The van der Waals surface area contributed by atoms with E-state index in [0.29, 0.717) is 17.6 Å². The van der Waals surface area contributed by atoms with Gasteiger partial charge in [0.05, 0.1) is 0 Å². The summed E-state index contributed by atoms with van der Waals surface area (Å²) >= 11 is 1.96. The van der Waals surface area contributed by atoms with Crippen molar-refractivity contribution in [3.63, 3.8) is 0 Å². The predicted octanol–water partition coefficient (Wildman–Crippen LogP) is 4.08. The van der Waals surface area contributed by atoms with Crippen LogP contribution < -0.4 is 11.1 Å². The highest BCUT2D eigenvalue weighted by Gasteiger charge is 2.23. The lowest BCUT2D eigenvalue weighted by Gasteiger charge is -2.21. The minimum atomic E-state index is -0.164. The number of rotatable bonds is 6. The van der Waals surface area contributed by atoms with Gasteiger partial charge in [0.15, 0.2) is 5.76 Å². The highest BCUT2D eigenvalue weighted by molar-refractivity contribution is 7.99. The molecule has 0 saturated heterocycles. The second kappa shape index (κ2) is 8.08. The van der Waals surface area contributed by atoms with E-state index >= 15 is 0 Å². The largest absolute Gasteiger partial charge is 0.451 e. The number of carbonyl (C=O) groups excluding carboxylic acids is 1. The van der Waals surface area contributed by atoms with Gasteiger partial charge in [-0.15, -0.1) is 0 Å². The molecule has 1 aliphatic rings. The van der Waals surface area contributed by atoms with E-state index in [-0.39, 0.29) is 11.9 Å². The summed E-state index contributed by atoms with van der Waals surface area (Å²) in [5.74, 6) is 1.10. The van der Waals surface area contributed by atoms with E-state index in [0.717, 1.165) is 22.3 Å². The minimum absolute atomic E-state index is 0.0652. The molecule has 5 heteroatoms. The van der Waals surface area contributed by atoms with E-state index in [9.17, 15) is 4.79 Å². The van der Waals surface area contributed by atoms with Crippen LogP contribution in [0.15, 0.2) is 28.7 Å². The first-order valence-corrected chi connectivity index (χ1v) is 9.87. The van der Waals surface area contributed by atoms with E-state index in [4.69, 9.17) is 10.2 Å². The van der Waals surface area contributed by atoms with Gasteiger partial charge in [-0.2, -0.15) is 11.8 Å². The van der Waals surface area contributed by atoms with Crippen molar-refractivity contribution in [2.75, 3.05) is 6.54 Å². The van der Waals surface area contributed by atoms with Gasteiger partial charge in [0.1, 0.15) is 5.58 Å². The number of fused-ring (bicyclic) bond motifs is 1. The van der Waals surface area contributed by atoms with Gasteiger partial charge < -0.3 is 15.5 Å². The molecule has 1 fully saturated rings. The third-order valence-corrected chi connectivity index (χ3v) is 6.05. The van der Waals surface area contributed by atoms with Gasteiger partial charge in [-0.25, -0.2) is 0 Å². The Morgan fingerprint density at radius 2 is 2.08 bits per heavy atom. The predicted molar refractivity (Wildman–Crippen MR) is 100 cm³/mol. The summed E-state index contributed by atoms with van der Waals surface area (Å²) in [5, 5.41) is 4.67. The molecule has 0 aliphatic heterocycles. The fourth-order valence-electron chi connectivity index (χ4n) is 3.21.